The predicted molar refractivity (Wildman–Crippen MR) is 125 cm³/mol. The number of aryl methyl sites for hydroxylation is 1. The molecule has 1 saturated heterocycles. The van der Waals surface area contributed by atoms with Crippen LogP contribution in [0.2, 0.25) is 5.02 Å². The fourth-order valence-corrected chi connectivity index (χ4v) is 4.73. The zero-order chi connectivity index (χ0) is 20.6. The summed E-state index contributed by atoms with van der Waals surface area (Å²) in [7, 11) is 0. The number of fused-ring (bicyclic) bond motifs is 1. The van der Waals surface area contributed by atoms with Crippen molar-refractivity contribution in [1.82, 2.24) is 20.0 Å². The minimum atomic E-state index is 0.596. The van der Waals surface area contributed by atoms with Crippen molar-refractivity contribution >= 4 is 28.3 Å². The van der Waals surface area contributed by atoms with Crippen molar-refractivity contribution in [2.75, 3.05) is 44.6 Å². The molecule has 0 aliphatic carbocycles. The standard InChI is InChI=1S/C23H38ClN5/c1-4-28(5-2)15-9-14-25-23-22-19(20(24)12-13-21(22)26-27-23)11-10-18(3)29-16-7-6-8-17-29/h12-13,18H,4-11,14-17H2,1-3H3,(H2,25,26,27). The number of aromatic nitrogens is 2. The molecule has 2 N–H and O–H groups in total. The molecule has 1 aromatic carbocycles. The highest BCUT2D eigenvalue weighted by Gasteiger charge is 2.19. The molecule has 3 rings (SSSR count). The molecule has 0 spiro atoms. The maximum absolute atomic E-state index is 6.65. The van der Waals surface area contributed by atoms with E-state index in [1.165, 1.54) is 43.3 Å². The van der Waals surface area contributed by atoms with Crippen LogP contribution in [0.1, 0.15) is 58.4 Å². The summed E-state index contributed by atoms with van der Waals surface area (Å²) in [6, 6.07) is 4.65. The van der Waals surface area contributed by atoms with Gasteiger partial charge in [-0.25, -0.2) is 0 Å². The molecule has 2 aromatic rings. The number of halogens is 1. The summed E-state index contributed by atoms with van der Waals surface area (Å²) in [5.41, 5.74) is 2.30. The molecule has 0 amide bonds. The van der Waals surface area contributed by atoms with Gasteiger partial charge in [-0.3, -0.25) is 5.10 Å². The van der Waals surface area contributed by atoms with Gasteiger partial charge in [-0.2, -0.15) is 5.10 Å². The van der Waals surface area contributed by atoms with E-state index in [1.807, 2.05) is 12.1 Å². The zero-order valence-corrected chi connectivity index (χ0v) is 19.2. The average molecular weight is 420 g/mol. The molecular formula is C23H38ClN5. The molecule has 0 saturated carbocycles. The number of benzene rings is 1. The van der Waals surface area contributed by atoms with Crippen LogP contribution in [0.5, 0.6) is 0 Å². The van der Waals surface area contributed by atoms with E-state index in [1.54, 1.807) is 0 Å². The Kier molecular flexibility index (Phi) is 8.64. The Balaban J connectivity index is 1.65. The number of likely N-dealkylation sites (tertiary alicyclic amines) is 1. The van der Waals surface area contributed by atoms with Gasteiger partial charge >= 0.3 is 0 Å². The predicted octanol–water partition coefficient (Wildman–Crippen LogP) is 5.17. The number of hydrogen-bond donors (Lipinski definition) is 2. The molecule has 162 valence electrons. The van der Waals surface area contributed by atoms with Crippen molar-refractivity contribution in [2.24, 2.45) is 0 Å². The first-order chi connectivity index (χ1) is 14.1. The lowest BCUT2D eigenvalue weighted by Gasteiger charge is -2.32. The van der Waals surface area contributed by atoms with Crippen LogP contribution in [-0.2, 0) is 6.42 Å². The van der Waals surface area contributed by atoms with Gasteiger partial charge in [0, 0.05) is 23.0 Å². The molecule has 2 heterocycles. The summed E-state index contributed by atoms with van der Waals surface area (Å²) in [4.78, 5) is 5.09. The largest absolute Gasteiger partial charge is 0.368 e. The van der Waals surface area contributed by atoms with Crippen molar-refractivity contribution < 1.29 is 0 Å². The topological polar surface area (TPSA) is 47.2 Å². The van der Waals surface area contributed by atoms with Gasteiger partial charge in [0.15, 0.2) is 5.82 Å². The van der Waals surface area contributed by atoms with E-state index >= 15 is 0 Å². The van der Waals surface area contributed by atoms with Crippen molar-refractivity contribution in [1.29, 1.82) is 0 Å². The first-order valence-corrected chi connectivity index (χ1v) is 11.9. The van der Waals surface area contributed by atoms with Gasteiger partial charge in [-0.15, -0.1) is 0 Å². The Hall–Kier alpha value is -1.30. The number of piperidine rings is 1. The van der Waals surface area contributed by atoms with Crippen molar-refractivity contribution in [3.05, 3.63) is 22.7 Å². The number of rotatable bonds is 11. The van der Waals surface area contributed by atoms with Gasteiger partial charge in [-0.05, 0) is 89.4 Å². The van der Waals surface area contributed by atoms with Gasteiger partial charge in [0.25, 0.3) is 0 Å². The van der Waals surface area contributed by atoms with Crippen LogP contribution in [0.25, 0.3) is 10.9 Å². The highest BCUT2D eigenvalue weighted by molar-refractivity contribution is 6.32. The van der Waals surface area contributed by atoms with E-state index in [9.17, 15) is 0 Å². The van der Waals surface area contributed by atoms with Crippen molar-refractivity contribution in [3.63, 3.8) is 0 Å². The maximum Gasteiger partial charge on any atom is 0.156 e. The van der Waals surface area contributed by atoms with Crippen molar-refractivity contribution in [3.8, 4) is 0 Å². The third-order valence-corrected chi connectivity index (χ3v) is 6.80. The van der Waals surface area contributed by atoms with E-state index in [0.717, 1.165) is 61.8 Å². The number of aromatic amines is 1. The summed E-state index contributed by atoms with van der Waals surface area (Å²) in [6.07, 6.45) is 7.28. The van der Waals surface area contributed by atoms with E-state index in [-0.39, 0.29) is 0 Å². The minimum absolute atomic E-state index is 0.596. The first-order valence-electron chi connectivity index (χ1n) is 11.5. The Bertz CT molecular complexity index is 749. The van der Waals surface area contributed by atoms with E-state index in [2.05, 4.69) is 46.1 Å². The average Bonchev–Trinajstić information content (AvgIpc) is 3.16. The van der Waals surface area contributed by atoms with Crippen LogP contribution in [0, 0.1) is 0 Å². The number of H-pyrrole nitrogens is 1. The molecule has 1 aliphatic heterocycles. The van der Waals surface area contributed by atoms with Gasteiger partial charge in [-0.1, -0.05) is 31.9 Å². The Morgan fingerprint density at radius 1 is 1.21 bits per heavy atom. The Labute approximate surface area is 181 Å². The normalized spacial score (nSPS) is 16.6. The lowest BCUT2D eigenvalue weighted by atomic mass is 10.00. The number of nitrogens with zero attached hydrogens (tertiary/aromatic N) is 3. The zero-order valence-electron chi connectivity index (χ0n) is 18.4. The quantitative estimate of drug-likeness (QED) is 0.493. The highest BCUT2D eigenvalue weighted by Crippen LogP contribution is 2.32. The van der Waals surface area contributed by atoms with E-state index in [0.29, 0.717) is 6.04 Å². The fourth-order valence-electron chi connectivity index (χ4n) is 4.47. The molecule has 0 bridgehead atoms. The molecule has 1 unspecified atom stereocenters. The molecule has 6 heteroatoms. The van der Waals surface area contributed by atoms with Gasteiger partial charge < -0.3 is 15.1 Å². The van der Waals surface area contributed by atoms with Crippen LogP contribution in [0.4, 0.5) is 5.82 Å². The summed E-state index contributed by atoms with van der Waals surface area (Å²) in [6.45, 7) is 13.5. The second kappa shape index (κ2) is 11.2. The maximum atomic E-state index is 6.65. The summed E-state index contributed by atoms with van der Waals surface area (Å²) in [5.74, 6) is 0.947. The smallest absolute Gasteiger partial charge is 0.156 e. The Morgan fingerprint density at radius 3 is 2.69 bits per heavy atom. The first kappa shape index (κ1) is 22.4. The highest BCUT2D eigenvalue weighted by atomic mass is 35.5. The lowest BCUT2D eigenvalue weighted by molar-refractivity contribution is 0.167. The second-order valence-electron chi connectivity index (χ2n) is 8.31. The molecule has 1 atom stereocenters. The number of nitrogens with one attached hydrogen (secondary N) is 2. The van der Waals surface area contributed by atoms with E-state index < -0.39 is 0 Å². The molecule has 0 radical (unpaired) electrons. The van der Waals surface area contributed by atoms with Gasteiger partial charge in [0.05, 0.1) is 5.52 Å². The van der Waals surface area contributed by atoms with Crippen LogP contribution in [0.15, 0.2) is 12.1 Å². The fraction of sp³-hybridized carbons (Fsp3) is 0.696. The third kappa shape index (κ3) is 5.87. The lowest BCUT2D eigenvalue weighted by Crippen LogP contribution is -2.37. The van der Waals surface area contributed by atoms with Gasteiger partial charge in [0.1, 0.15) is 0 Å². The minimum Gasteiger partial charge on any atom is -0.368 e. The van der Waals surface area contributed by atoms with Crippen LogP contribution >= 0.6 is 11.6 Å². The monoisotopic (exact) mass is 419 g/mol. The summed E-state index contributed by atoms with van der Waals surface area (Å²) in [5, 5.41) is 13.3. The molecule has 5 nitrogen and oxygen atoms in total. The van der Waals surface area contributed by atoms with Crippen molar-refractivity contribution in [2.45, 2.75) is 65.3 Å². The molecule has 1 aromatic heterocycles. The summed E-state index contributed by atoms with van der Waals surface area (Å²) >= 11 is 6.65. The molecule has 1 aliphatic rings. The number of hydrogen-bond acceptors (Lipinski definition) is 4. The third-order valence-electron chi connectivity index (χ3n) is 6.44. The van der Waals surface area contributed by atoms with E-state index in [4.69, 9.17) is 11.6 Å². The van der Waals surface area contributed by atoms with Crippen LogP contribution < -0.4 is 5.32 Å². The Morgan fingerprint density at radius 2 is 1.97 bits per heavy atom. The SMILES string of the molecule is CCN(CC)CCCNc1n[nH]c2ccc(Cl)c(CCC(C)N3CCCCC3)c12. The molecular weight excluding hydrogens is 382 g/mol. The van der Waals surface area contributed by atoms with Crippen LogP contribution in [-0.4, -0.2) is 65.3 Å². The summed E-state index contributed by atoms with van der Waals surface area (Å²) < 4.78 is 0. The molecule has 29 heavy (non-hydrogen) atoms. The molecule has 1 fully saturated rings. The van der Waals surface area contributed by atoms with Gasteiger partial charge in [0.2, 0.25) is 0 Å². The second-order valence-corrected chi connectivity index (χ2v) is 8.72. The van der Waals surface area contributed by atoms with Crippen LogP contribution in [0.3, 0.4) is 0 Å². The number of anilines is 1.